The molecule has 150 valence electrons. The van der Waals surface area contributed by atoms with E-state index in [0.717, 1.165) is 10.7 Å². The van der Waals surface area contributed by atoms with Gasteiger partial charge in [0.2, 0.25) is 0 Å². The van der Waals surface area contributed by atoms with Crippen LogP contribution in [0.4, 0.5) is 29.1 Å². The van der Waals surface area contributed by atoms with Crippen LogP contribution in [0.25, 0.3) is 0 Å². The fraction of sp³-hybridized carbons (Fsp3) is 0.111. The summed E-state index contributed by atoms with van der Waals surface area (Å²) in [5, 5.41) is 17.2. The van der Waals surface area contributed by atoms with Crippen molar-refractivity contribution < 1.29 is 27.3 Å². The average Bonchev–Trinajstić information content (AvgIpc) is 3.10. The molecule has 3 rings (SSSR count). The Morgan fingerprint density at radius 2 is 1.79 bits per heavy atom. The highest BCUT2D eigenvalue weighted by Crippen LogP contribution is 2.22. The molecule has 1 aromatic heterocycles. The molecule has 0 fully saturated rings. The summed E-state index contributed by atoms with van der Waals surface area (Å²) in [6.45, 7) is 0.896. The maximum absolute atomic E-state index is 13.8. The van der Waals surface area contributed by atoms with Crippen LogP contribution >= 0.6 is 0 Å². The maximum atomic E-state index is 13.8. The van der Waals surface area contributed by atoms with Crippen LogP contribution in [0, 0.1) is 40.3 Å². The molecule has 1 N–H and O–H groups in total. The van der Waals surface area contributed by atoms with E-state index < -0.39 is 46.2 Å². The minimum atomic E-state index is -1.54. The van der Waals surface area contributed by atoms with Crippen LogP contribution in [0.5, 0.6) is 0 Å². The second-order valence-corrected chi connectivity index (χ2v) is 6.06. The van der Waals surface area contributed by atoms with Crippen molar-refractivity contribution in [3.05, 3.63) is 86.6 Å². The summed E-state index contributed by atoms with van der Waals surface area (Å²) in [5.74, 6) is -6.90. The number of halogens is 4. The highest BCUT2D eigenvalue weighted by Gasteiger charge is 2.20. The molecule has 29 heavy (non-hydrogen) atoms. The van der Waals surface area contributed by atoms with Gasteiger partial charge in [-0.05, 0) is 13.0 Å². The van der Waals surface area contributed by atoms with Crippen LogP contribution in [0.15, 0.2) is 36.5 Å². The molecule has 0 spiro atoms. The third-order valence-corrected chi connectivity index (χ3v) is 4.07. The number of carbonyl (C=O) groups excluding carboxylic acids is 1. The number of aryl methyl sites for hydroxylation is 1. The second kappa shape index (κ2) is 7.70. The number of hydrogen-bond donors (Lipinski definition) is 1. The molecule has 0 atom stereocenters. The average molecular weight is 408 g/mol. The van der Waals surface area contributed by atoms with Gasteiger partial charge in [0.15, 0.2) is 29.1 Å². The standard InChI is InChI=1S/C18H12F4N4O3/c1-9-2-3-10(6-14(9)26(28)29)18(27)23-15-4-5-25(24-15)8-11-16(21)12(19)7-13(20)17(11)22/h2-7H,8H2,1H3,(H,23,24,27). The SMILES string of the molecule is Cc1ccc(C(=O)Nc2ccn(Cc3c(F)c(F)cc(F)c3F)n2)cc1[N+](=O)[O-]. The van der Waals surface area contributed by atoms with Crippen molar-refractivity contribution in [2.75, 3.05) is 5.32 Å². The highest BCUT2D eigenvalue weighted by atomic mass is 19.2. The van der Waals surface area contributed by atoms with Crippen LogP contribution < -0.4 is 5.32 Å². The number of hydrogen-bond acceptors (Lipinski definition) is 4. The van der Waals surface area contributed by atoms with Crippen LogP contribution in [0.3, 0.4) is 0 Å². The fourth-order valence-corrected chi connectivity index (χ4v) is 2.58. The Kier molecular flexibility index (Phi) is 5.31. The highest BCUT2D eigenvalue weighted by molar-refractivity contribution is 6.04. The Morgan fingerprint density at radius 3 is 2.41 bits per heavy atom. The molecule has 0 saturated heterocycles. The first-order valence-electron chi connectivity index (χ1n) is 8.09. The molecule has 11 heteroatoms. The van der Waals surface area contributed by atoms with Crippen LogP contribution in [-0.4, -0.2) is 20.6 Å². The Labute approximate surface area is 160 Å². The lowest BCUT2D eigenvalue weighted by Crippen LogP contribution is -2.14. The van der Waals surface area contributed by atoms with E-state index in [1.807, 2.05) is 0 Å². The van der Waals surface area contributed by atoms with Gasteiger partial charge in [-0.2, -0.15) is 5.10 Å². The van der Waals surface area contributed by atoms with Gasteiger partial charge < -0.3 is 5.32 Å². The summed E-state index contributed by atoms with van der Waals surface area (Å²) >= 11 is 0. The Morgan fingerprint density at radius 1 is 1.14 bits per heavy atom. The van der Waals surface area contributed by atoms with Crippen molar-refractivity contribution >= 4 is 17.4 Å². The number of nitro groups is 1. The first kappa shape index (κ1) is 20.0. The quantitative estimate of drug-likeness (QED) is 0.300. The van der Waals surface area contributed by atoms with Crippen LogP contribution in [-0.2, 0) is 6.54 Å². The first-order chi connectivity index (χ1) is 13.7. The van der Waals surface area contributed by atoms with Crippen molar-refractivity contribution in [2.45, 2.75) is 13.5 Å². The van der Waals surface area contributed by atoms with Gasteiger partial charge in [-0.25, -0.2) is 17.6 Å². The van der Waals surface area contributed by atoms with Crippen LogP contribution in [0.1, 0.15) is 21.5 Å². The lowest BCUT2D eigenvalue weighted by Gasteiger charge is -2.07. The Balaban J connectivity index is 1.79. The van der Waals surface area contributed by atoms with Gasteiger partial charge in [0.05, 0.1) is 17.0 Å². The molecule has 3 aromatic rings. The molecule has 2 aromatic carbocycles. The monoisotopic (exact) mass is 408 g/mol. The molecule has 0 aliphatic carbocycles. The zero-order valence-corrected chi connectivity index (χ0v) is 14.7. The molecule has 1 heterocycles. The molecular weight excluding hydrogens is 396 g/mol. The number of nitro benzene ring substituents is 1. The molecule has 0 bridgehead atoms. The Hall–Kier alpha value is -3.76. The van der Waals surface area contributed by atoms with E-state index >= 15 is 0 Å². The molecule has 0 aliphatic heterocycles. The topological polar surface area (TPSA) is 90.1 Å². The third-order valence-electron chi connectivity index (χ3n) is 4.07. The lowest BCUT2D eigenvalue weighted by atomic mass is 10.1. The molecule has 7 nitrogen and oxygen atoms in total. The van der Waals surface area contributed by atoms with Crippen molar-refractivity contribution in [3.8, 4) is 0 Å². The summed E-state index contributed by atoms with van der Waals surface area (Å²) < 4.78 is 55.1. The Bertz CT molecular complexity index is 1100. The zero-order chi connectivity index (χ0) is 21.3. The fourth-order valence-electron chi connectivity index (χ4n) is 2.58. The van der Waals surface area contributed by atoms with E-state index in [4.69, 9.17) is 0 Å². The molecule has 0 radical (unpaired) electrons. The zero-order valence-electron chi connectivity index (χ0n) is 14.7. The largest absolute Gasteiger partial charge is 0.305 e. The number of nitrogens with one attached hydrogen (secondary N) is 1. The summed E-state index contributed by atoms with van der Waals surface area (Å²) in [4.78, 5) is 22.6. The number of anilines is 1. The van der Waals surface area contributed by atoms with E-state index in [1.54, 1.807) is 0 Å². The number of amides is 1. The van der Waals surface area contributed by atoms with E-state index in [-0.39, 0.29) is 23.1 Å². The smallest absolute Gasteiger partial charge is 0.273 e. The molecule has 1 amide bonds. The maximum Gasteiger partial charge on any atom is 0.273 e. The van der Waals surface area contributed by atoms with Crippen molar-refractivity contribution in [3.63, 3.8) is 0 Å². The number of carbonyl (C=O) groups is 1. The van der Waals surface area contributed by atoms with Gasteiger partial charge in [-0.3, -0.25) is 19.6 Å². The number of benzene rings is 2. The summed E-state index contributed by atoms with van der Waals surface area (Å²) in [7, 11) is 0. The van der Waals surface area contributed by atoms with Gasteiger partial charge in [-0.15, -0.1) is 0 Å². The number of rotatable bonds is 5. The summed E-state index contributed by atoms with van der Waals surface area (Å²) in [5.41, 5.74) is -0.719. The van der Waals surface area contributed by atoms with E-state index in [2.05, 4.69) is 10.4 Å². The van der Waals surface area contributed by atoms with E-state index in [0.29, 0.717) is 5.56 Å². The minimum absolute atomic E-state index is 0.00106. The van der Waals surface area contributed by atoms with Gasteiger partial charge in [0.25, 0.3) is 11.6 Å². The van der Waals surface area contributed by atoms with Crippen molar-refractivity contribution in [1.29, 1.82) is 0 Å². The molecule has 0 saturated carbocycles. The van der Waals surface area contributed by atoms with Crippen LogP contribution in [0.2, 0.25) is 0 Å². The second-order valence-electron chi connectivity index (χ2n) is 6.06. The number of aromatic nitrogens is 2. The minimum Gasteiger partial charge on any atom is -0.305 e. The van der Waals surface area contributed by atoms with Gasteiger partial charge in [0, 0.05) is 35.5 Å². The number of nitrogens with zero attached hydrogens (tertiary/aromatic N) is 3. The predicted octanol–water partition coefficient (Wildman–Crippen LogP) is 3.96. The van der Waals surface area contributed by atoms with Gasteiger partial charge in [0.1, 0.15) is 0 Å². The molecular formula is C18H12F4N4O3. The van der Waals surface area contributed by atoms with Crippen molar-refractivity contribution in [2.24, 2.45) is 0 Å². The molecule has 0 unspecified atom stereocenters. The lowest BCUT2D eigenvalue weighted by molar-refractivity contribution is -0.385. The summed E-state index contributed by atoms with van der Waals surface area (Å²) in [6, 6.07) is 5.28. The predicted molar refractivity (Wildman–Crippen MR) is 93.4 cm³/mol. The molecule has 0 aliphatic rings. The van der Waals surface area contributed by atoms with Gasteiger partial charge in [-0.1, -0.05) is 6.07 Å². The van der Waals surface area contributed by atoms with E-state index in [9.17, 15) is 32.5 Å². The normalized spacial score (nSPS) is 10.8. The first-order valence-corrected chi connectivity index (χ1v) is 8.09. The van der Waals surface area contributed by atoms with E-state index in [1.165, 1.54) is 31.3 Å². The van der Waals surface area contributed by atoms with Crippen molar-refractivity contribution in [1.82, 2.24) is 9.78 Å². The van der Waals surface area contributed by atoms with Gasteiger partial charge >= 0.3 is 0 Å². The summed E-state index contributed by atoms with van der Waals surface area (Å²) in [6.07, 6.45) is 1.23. The third kappa shape index (κ3) is 4.08.